The Morgan fingerprint density at radius 3 is 2.80 bits per heavy atom. The van der Waals surface area contributed by atoms with Crippen molar-refractivity contribution in [1.82, 2.24) is 9.88 Å². The average molecular weight is 418 g/mol. The first-order chi connectivity index (χ1) is 11.9. The summed E-state index contributed by atoms with van der Waals surface area (Å²) < 4.78 is 2.06. The van der Waals surface area contributed by atoms with Crippen LogP contribution in [0.4, 0.5) is 5.69 Å². The number of anilines is 1. The van der Waals surface area contributed by atoms with Crippen LogP contribution in [0.5, 0.6) is 0 Å². The van der Waals surface area contributed by atoms with E-state index in [9.17, 15) is 4.79 Å². The smallest absolute Gasteiger partial charge is 0.241 e. The lowest BCUT2D eigenvalue weighted by atomic mass is 10.2. The molecule has 4 nitrogen and oxygen atoms in total. The Hall–Kier alpha value is -1.76. The lowest BCUT2D eigenvalue weighted by Crippen LogP contribution is -2.39. The molecular weight excluding hydrogens is 398 g/mol. The number of aryl methyl sites for hydroxylation is 1. The van der Waals surface area contributed by atoms with Crippen molar-refractivity contribution in [3.8, 4) is 0 Å². The summed E-state index contributed by atoms with van der Waals surface area (Å²) in [4.78, 5) is 19.2. The van der Waals surface area contributed by atoms with Crippen LogP contribution in [0.3, 0.4) is 0 Å². The lowest BCUT2D eigenvalue weighted by molar-refractivity contribution is -0.120. The number of likely N-dealkylation sites (N-methyl/N-ethyl adjacent to an activating group) is 1. The fourth-order valence-corrected chi connectivity index (χ4v) is 4.12. The van der Waals surface area contributed by atoms with E-state index in [1.54, 1.807) is 11.3 Å². The number of fused-ring (bicyclic) bond motifs is 1. The lowest BCUT2D eigenvalue weighted by Gasteiger charge is -2.23. The van der Waals surface area contributed by atoms with E-state index in [0.29, 0.717) is 6.54 Å². The van der Waals surface area contributed by atoms with Gasteiger partial charge in [0, 0.05) is 4.47 Å². The van der Waals surface area contributed by atoms with Gasteiger partial charge >= 0.3 is 0 Å². The maximum atomic E-state index is 12.6. The second-order valence-electron chi connectivity index (χ2n) is 6.14. The van der Waals surface area contributed by atoms with E-state index in [2.05, 4.69) is 32.3 Å². The SMILES string of the molecule is Cc1ccc(NC(=O)C(C)N(C)Cc2nc3ccccc3s2)c(Br)c1. The van der Waals surface area contributed by atoms with E-state index in [1.807, 2.05) is 62.2 Å². The first-order valence-electron chi connectivity index (χ1n) is 8.06. The van der Waals surface area contributed by atoms with Crippen LogP contribution in [0.15, 0.2) is 46.9 Å². The maximum absolute atomic E-state index is 12.6. The summed E-state index contributed by atoms with van der Waals surface area (Å²) in [6, 6.07) is 13.7. The molecule has 0 saturated heterocycles. The standard InChI is InChI=1S/C19H20BrN3OS/c1-12-8-9-15(14(20)10-12)22-19(24)13(2)23(3)11-18-21-16-6-4-5-7-17(16)25-18/h4-10,13H,11H2,1-3H3,(H,22,24). The molecule has 0 aliphatic carbocycles. The molecule has 3 rings (SSSR count). The van der Waals surface area contributed by atoms with Gasteiger partial charge in [0.1, 0.15) is 5.01 Å². The molecule has 2 aromatic carbocycles. The fourth-order valence-electron chi connectivity index (χ4n) is 2.50. The summed E-state index contributed by atoms with van der Waals surface area (Å²) in [6.07, 6.45) is 0. The number of para-hydroxylation sites is 1. The zero-order valence-electron chi connectivity index (χ0n) is 14.4. The Bertz CT molecular complexity index is 876. The van der Waals surface area contributed by atoms with Crippen molar-refractivity contribution in [2.75, 3.05) is 12.4 Å². The third-order valence-corrected chi connectivity index (χ3v) is 5.82. The molecule has 1 amide bonds. The molecule has 0 bridgehead atoms. The molecule has 25 heavy (non-hydrogen) atoms. The van der Waals surface area contributed by atoms with Gasteiger partial charge in [-0.1, -0.05) is 18.2 Å². The fraction of sp³-hybridized carbons (Fsp3) is 0.263. The van der Waals surface area contributed by atoms with Gasteiger partial charge in [-0.2, -0.15) is 0 Å². The Morgan fingerprint density at radius 2 is 2.08 bits per heavy atom. The number of hydrogen-bond acceptors (Lipinski definition) is 4. The van der Waals surface area contributed by atoms with Gasteiger partial charge in [-0.25, -0.2) is 4.98 Å². The second-order valence-corrected chi connectivity index (χ2v) is 8.11. The molecule has 1 heterocycles. The van der Waals surface area contributed by atoms with Crippen LogP contribution < -0.4 is 5.32 Å². The van der Waals surface area contributed by atoms with E-state index < -0.39 is 0 Å². The van der Waals surface area contributed by atoms with Gasteiger partial charge in [0.2, 0.25) is 5.91 Å². The van der Waals surface area contributed by atoms with E-state index in [4.69, 9.17) is 0 Å². The highest BCUT2D eigenvalue weighted by Gasteiger charge is 2.20. The van der Waals surface area contributed by atoms with Crippen LogP contribution in [-0.2, 0) is 11.3 Å². The Kier molecular flexibility index (Phi) is 5.51. The van der Waals surface area contributed by atoms with Crippen molar-refractivity contribution in [2.45, 2.75) is 26.4 Å². The normalized spacial score (nSPS) is 12.5. The average Bonchev–Trinajstić information content (AvgIpc) is 2.98. The van der Waals surface area contributed by atoms with Crippen LogP contribution in [0, 0.1) is 6.92 Å². The number of rotatable bonds is 5. The van der Waals surface area contributed by atoms with E-state index in [0.717, 1.165) is 26.2 Å². The quantitative estimate of drug-likeness (QED) is 0.646. The highest BCUT2D eigenvalue weighted by molar-refractivity contribution is 9.10. The topological polar surface area (TPSA) is 45.2 Å². The van der Waals surface area contributed by atoms with Crippen molar-refractivity contribution >= 4 is 49.1 Å². The first kappa shape index (κ1) is 18.0. The minimum atomic E-state index is -0.264. The number of nitrogens with zero attached hydrogens (tertiary/aromatic N) is 2. The van der Waals surface area contributed by atoms with Gasteiger partial charge in [0.15, 0.2) is 0 Å². The molecule has 0 aliphatic heterocycles. The van der Waals surface area contributed by atoms with Gasteiger partial charge in [-0.05, 0) is 66.7 Å². The number of carbonyl (C=O) groups excluding carboxylic acids is 1. The number of amides is 1. The number of nitrogens with one attached hydrogen (secondary N) is 1. The molecule has 6 heteroatoms. The van der Waals surface area contributed by atoms with E-state index in [-0.39, 0.29) is 11.9 Å². The maximum Gasteiger partial charge on any atom is 0.241 e. The Labute approximate surface area is 160 Å². The monoisotopic (exact) mass is 417 g/mol. The van der Waals surface area contributed by atoms with Gasteiger partial charge in [-0.3, -0.25) is 9.69 Å². The van der Waals surface area contributed by atoms with E-state index in [1.165, 1.54) is 4.70 Å². The largest absolute Gasteiger partial charge is 0.324 e. The Morgan fingerprint density at radius 1 is 1.32 bits per heavy atom. The molecule has 1 N–H and O–H groups in total. The molecule has 1 atom stereocenters. The molecule has 1 unspecified atom stereocenters. The Balaban J connectivity index is 1.66. The molecule has 0 radical (unpaired) electrons. The van der Waals surface area contributed by atoms with Gasteiger partial charge in [-0.15, -0.1) is 11.3 Å². The predicted molar refractivity (Wildman–Crippen MR) is 108 cm³/mol. The number of carbonyl (C=O) groups is 1. The molecule has 0 spiro atoms. The predicted octanol–water partition coefficient (Wildman–Crippen LogP) is 4.83. The summed E-state index contributed by atoms with van der Waals surface area (Å²) >= 11 is 5.17. The van der Waals surface area contributed by atoms with Crippen molar-refractivity contribution in [3.05, 3.63) is 57.5 Å². The number of hydrogen-bond donors (Lipinski definition) is 1. The van der Waals surface area contributed by atoms with Crippen molar-refractivity contribution in [1.29, 1.82) is 0 Å². The van der Waals surface area contributed by atoms with Crippen molar-refractivity contribution in [3.63, 3.8) is 0 Å². The van der Waals surface area contributed by atoms with Gasteiger partial charge in [0.25, 0.3) is 0 Å². The van der Waals surface area contributed by atoms with Gasteiger partial charge < -0.3 is 5.32 Å². The number of halogens is 1. The van der Waals surface area contributed by atoms with Crippen LogP contribution in [0.25, 0.3) is 10.2 Å². The van der Waals surface area contributed by atoms with Crippen LogP contribution in [0.2, 0.25) is 0 Å². The molecule has 0 saturated carbocycles. The van der Waals surface area contributed by atoms with Crippen molar-refractivity contribution in [2.24, 2.45) is 0 Å². The summed E-state index contributed by atoms with van der Waals surface area (Å²) in [6.45, 7) is 4.57. The minimum Gasteiger partial charge on any atom is -0.324 e. The third-order valence-electron chi connectivity index (χ3n) is 4.15. The van der Waals surface area contributed by atoms with Crippen molar-refractivity contribution < 1.29 is 4.79 Å². The molecule has 130 valence electrons. The summed E-state index contributed by atoms with van der Waals surface area (Å²) in [7, 11) is 1.94. The number of benzene rings is 2. The van der Waals surface area contributed by atoms with Crippen LogP contribution >= 0.6 is 27.3 Å². The summed E-state index contributed by atoms with van der Waals surface area (Å²) in [5, 5.41) is 4.00. The van der Waals surface area contributed by atoms with Crippen LogP contribution in [0.1, 0.15) is 17.5 Å². The summed E-state index contributed by atoms with van der Waals surface area (Å²) in [5.41, 5.74) is 2.94. The van der Waals surface area contributed by atoms with Gasteiger partial charge in [0.05, 0.1) is 28.5 Å². The molecular formula is C19H20BrN3OS. The first-order valence-corrected chi connectivity index (χ1v) is 9.66. The molecule has 1 aromatic heterocycles. The minimum absolute atomic E-state index is 0.0341. The number of thiazole rings is 1. The second kappa shape index (κ2) is 7.64. The highest BCUT2D eigenvalue weighted by atomic mass is 79.9. The molecule has 0 aliphatic rings. The van der Waals surface area contributed by atoms with E-state index >= 15 is 0 Å². The zero-order chi connectivity index (χ0) is 18.0. The number of aromatic nitrogens is 1. The van der Waals surface area contributed by atoms with Crippen LogP contribution in [-0.4, -0.2) is 28.9 Å². The molecule has 3 aromatic rings. The third kappa shape index (κ3) is 4.26. The highest BCUT2D eigenvalue weighted by Crippen LogP contribution is 2.25. The molecule has 0 fully saturated rings. The summed E-state index contributed by atoms with van der Waals surface area (Å²) in [5.74, 6) is -0.0341. The zero-order valence-corrected chi connectivity index (χ0v) is 16.8.